The number of phenolic OH excluding ortho intramolecular Hbond substituents is 1. The SMILES string of the molecule is CCCCCCCCC(Cc1ccc(O)cc1)C(OC)(OC)OC. The molecule has 0 aliphatic carbocycles. The van der Waals surface area contributed by atoms with Crippen molar-refractivity contribution in [3.8, 4) is 5.75 Å². The van der Waals surface area contributed by atoms with Crippen LogP contribution in [0.1, 0.15) is 57.4 Å². The van der Waals surface area contributed by atoms with Crippen LogP contribution in [0.15, 0.2) is 24.3 Å². The van der Waals surface area contributed by atoms with Crippen molar-refractivity contribution in [3.63, 3.8) is 0 Å². The van der Waals surface area contributed by atoms with E-state index in [4.69, 9.17) is 14.2 Å². The molecule has 1 aromatic carbocycles. The Morgan fingerprint density at radius 3 is 1.96 bits per heavy atom. The number of ether oxygens (including phenoxy) is 3. The topological polar surface area (TPSA) is 47.9 Å². The molecule has 1 unspecified atom stereocenters. The van der Waals surface area contributed by atoms with E-state index in [0.717, 1.165) is 24.8 Å². The molecule has 0 aliphatic rings. The van der Waals surface area contributed by atoms with E-state index in [1.54, 1.807) is 33.5 Å². The van der Waals surface area contributed by atoms with Crippen LogP contribution in [-0.4, -0.2) is 32.4 Å². The van der Waals surface area contributed by atoms with Gasteiger partial charge in [-0.1, -0.05) is 57.6 Å². The second-order valence-corrected chi connectivity index (χ2v) is 6.34. The number of methoxy groups -OCH3 is 3. The average molecular weight is 338 g/mol. The summed E-state index contributed by atoms with van der Waals surface area (Å²) in [5, 5.41) is 9.46. The minimum Gasteiger partial charge on any atom is -0.508 e. The molecule has 0 spiro atoms. The molecule has 0 aromatic heterocycles. The van der Waals surface area contributed by atoms with Crippen LogP contribution in [0, 0.1) is 5.92 Å². The molecular weight excluding hydrogens is 304 g/mol. The van der Waals surface area contributed by atoms with E-state index >= 15 is 0 Å². The zero-order valence-corrected chi connectivity index (χ0v) is 15.7. The van der Waals surface area contributed by atoms with E-state index < -0.39 is 5.97 Å². The zero-order chi connectivity index (χ0) is 17.8. The van der Waals surface area contributed by atoms with E-state index in [1.165, 1.54) is 32.1 Å². The van der Waals surface area contributed by atoms with Crippen molar-refractivity contribution in [2.75, 3.05) is 21.3 Å². The summed E-state index contributed by atoms with van der Waals surface area (Å²) in [6.45, 7) is 2.23. The van der Waals surface area contributed by atoms with Crippen LogP contribution in [0.2, 0.25) is 0 Å². The molecule has 24 heavy (non-hydrogen) atoms. The standard InChI is InChI=1S/C20H34O4/c1-5-6-7-8-9-10-11-18(20(22-2,23-3)24-4)16-17-12-14-19(21)15-13-17/h12-15,18,21H,5-11,16H2,1-4H3. The molecule has 0 saturated carbocycles. The molecule has 0 bridgehead atoms. The Hall–Kier alpha value is -1.10. The maximum atomic E-state index is 9.46. The van der Waals surface area contributed by atoms with Crippen LogP contribution in [0.5, 0.6) is 5.75 Å². The van der Waals surface area contributed by atoms with Crippen molar-refractivity contribution in [2.45, 2.75) is 64.3 Å². The Morgan fingerprint density at radius 2 is 1.42 bits per heavy atom. The van der Waals surface area contributed by atoms with Gasteiger partial charge in [0.05, 0.1) is 0 Å². The summed E-state index contributed by atoms with van der Waals surface area (Å²) >= 11 is 0. The fourth-order valence-electron chi connectivity index (χ4n) is 3.24. The second kappa shape index (κ2) is 11.5. The molecule has 1 rings (SSSR count). The maximum Gasteiger partial charge on any atom is 0.285 e. The fourth-order valence-corrected chi connectivity index (χ4v) is 3.24. The Morgan fingerprint density at radius 1 is 0.875 bits per heavy atom. The lowest BCUT2D eigenvalue weighted by Crippen LogP contribution is -2.45. The maximum absolute atomic E-state index is 9.46. The quantitative estimate of drug-likeness (QED) is 0.411. The molecule has 1 aromatic rings. The molecule has 0 saturated heterocycles. The Balaban J connectivity index is 2.69. The van der Waals surface area contributed by atoms with Gasteiger partial charge in [-0.05, 0) is 30.5 Å². The van der Waals surface area contributed by atoms with Gasteiger partial charge in [-0.2, -0.15) is 0 Å². The van der Waals surface area contributed by atoms with Gasteiger partial charge in [0.2, 0.25) is 0 Å². The van der Waals surface area contributed by atoms with E-state index in [9.17, 15) is 5.11 Å². The molecule has 4 heteroatoms. The minimum absolute atomic E-state index is 0.0909. The van der Waals surface area contributed by atoms with E-state index in [2.05, 4.69) is 6.92 Å². The molecule has 1 atom stereocenters. The average Bonchev–Trinajstić information content (AvgIpc) is 2.61. The van der Waals surface area contributed by atoms with E-state index in [-0.39, 0.29) is 11.7 Å². The minimum atomic E-state index is -1.03. The van der Waals surface area contributed by atoms with Crippen LogP contribution < -0.4 is 0 Å². The Kier molecular flexibility index (Phi) is 9.99. The van der Waals surface area contributed by atoms with Gasteiger partial charge in [-0.3, -0.25) is 0 Å². The summed E-state index contributed by atoms with van der Waals surface area (Å²) < 4.78 is 16.8. The lowest BCUT2D eigenvalue weighted by molar-refractivity contribution is -0.379. The lowest BCUT2D eigenvalue weighted by Gasteiger charge is -2.36. The van der Waals surface area contributed by atoms with Crippen LogP contribution in [-0.2, 0) is 20.6 Å². The summed E-state index contributed by atoms with van der Waals surface area (Å²) in [5.41, 5.74) is 1.14. The van der Waals surface area contributed by atoms with Gasteiger partial charge in [0.25, 0.3) is 5.97 Å². The summed E-state index contributed by atoms with van der Waals surface area (Å²) in [4.78, 5) is 0. The first-order valence-electron chi connectivity index (χ1n) is 9.05. The zero-order valence-electron chi connectivity index (χ0n) is 15.7. The van der Waals surface area contributed by atoms with Gasteiger partial charge >= 0.3 is 0 Å². The van der Waals surface area contributed by atoms with Crippen molar-refractivity contribution in [1.29, 1.82) is 0 Å². The molecule has 4 nitrogen and oxygen atoms in total. The first-order chi connectivity index (χ1) is 11.6. The number of hydrogen-bond donors (Lipinski definition) is 1. The third kappa shape index (κ3) is 6.42. The predicted molar refractivity (Wildman–Crippen MR) is 97.1 cm³/mol. The number of hydrogen-bond acceptors (Lipinski definition) is 4. The van der Waals surface area contributed by atoms with Gasteiger partial charge in [-0.15, -0.1) is 0 Å². The van der Waals surface area contributed by atoms with Crippen molar-refractivity contribution >= 4 is 0 Å². The molecule has 0 amide bonds. The van der Waals surface area contributed by atoms with E-state index in [1.807, 2.05) is 12.1 Å². The van der Waals surface area contributed by atoms with Gasteiger partial charge in [-0.25, -0.2) is 0 Å². The number of rotatable bonds is 13. The summed E-state index contributed by atoms with van der Waals surface area (Å²) in [6.07, 6.45) is 9.28. The van der Waals surface area contributed by atoms with Crippen molar-refractivity contribution in [1.82, 2.24) is 0 Å². The third-order valence-corrected chi connectivity index (χ3v) is 4.68. The highest BCUT2D eigenvalue weighted by Gasteiger charge is 2.39. The molecule has 0 radical (unpaired) electrons. The summed E-state index contributed by atoms with van der Waals surface area (Å²) in [6, 6.07) is 7.31. The second-order valence-electron chi connectivity index (χ2n) is 6.34. The van der Waals surface area contributed by atoms with Gasteiger partial charge in [0, 0.05) is 27.2 Å². The number of aromatic hydroxyl groups is 1. The largest absolute Gasteiger partial charge is 0.508 e. The molecule has 0 heterocycles. The highest BCUT2D eigenvalue weighted by atomic mass is 16.9. The van der Waals surface area contributed by atoms with E-state index in [0.29, 0.717) is 0 Å². The molecule has 138 valence electrons. The van der Waals surface area contributed by atoms with Crippen LogP contribution in [0.25, 0.3) is 0 Å². The highest BCUT2D eigenvalue weighted by molar-refractivity contribution is 5.26. The number of unbranched alkanes of at least 4 members (excludes halogenated alkanes) is 5. The normalized spacial score (nSPS) is 13.2. The smallest absolute Gasteiger partial charge is 0.285 e. The third-order valence-electron chi connectivity index (χ3n) is 4.68. The van der Waals surface area contributed by atoms with Gasteiger partial charge in [0.1, 0.15) is 5.75 Å². The first kappa shape index (κ1) is 20.9. The van der Waals surface area contributed by atoms with Crippen molar-refractivity contribution in [2.24, 2.45) is 5.92 Å². The molecular formula is C20H34O4. The monoisotopic (exact) mass is 338 g/mol. The number of benzene rings is 1. The van der Waals surface area contributed by atoms with Crippen LogP contribution >= 0.6 is 0 Å². The fraction of sp³-hybridized carbons (Fsp3) is 0.700. The summed E-state index contributed by atoms with van der Waals surface area (Å²) in [5.74, 6) is -0.655. The molecule has 0 aliphatic heterocycles. The lowest BCUT2D eigenvalue weighted by atomic mass is 9.91. The van der Waals surface area contributed by atoms with Crippen molar-refractivity contribution < 1.29 is 19.3 Å². The number of phenols is 1. The van der Waals surface area contributed by atoms with Crippen LogP contribution in [0.4, 0.5) is 0 Å². The van der Waals surface area contributed by atoms with Crippen molar-refractivity contribution in [3.05, 3.63) is 29.8 Å². The summed E-state index contributed by atoms with van der Waals surface area (Å²) in [7, 11) is 4.87. The predicted octanol–water partition coefficient (Wildman–Crippen LogP) is 4.89. The molecule has 1 N–H and O–H groups in total. The van der Waals surface area contributed by atoms with Gasteiger partial charge in [0.15, 0.2) is 0 Å². The van der Waals surface area contributed by atoms with Crippen LogP contribution in [0.3, 0.4) is 0 Å². The highest BCUT2D eigenvalue weighted by Crippen LogP contribution is 2.32. The van der Waals surface area contributed by atoms with Gasteiger partial charge < -0.3 is 19.3 Å². The molecule has 0 fully saturated rings. The Bertz CT molecular complexity index is 418. The first-order valence-corrected chi connectivity index (χ1v) is 9.05. The Labute approximate surface area is 147 Å².